The normalized spacial score (nSPS) is 18.0. The Morgan fingerprint density at radius 3 is 2.65 bits per heavy atom. The van der Waals surface area contributed by atoms with E-state index in [9.17, 15) is 14.7 Å². The van der Waals surface area contributed by atoms with Crippen LogP contribution in [-0.4, -0.2) is 17.0 Å². The van der Waals surface area contributed by atoms with Crippen LogP contribution in [0.2, 0.25) is 0 Å². The smallest absolute Gasteiger partial charge is 0.310 e. The molecule has 1 atom stereocenters. The molecule has 5 nitrogen and oxygen atoms in total. The molecule has 1 aliphatic carbocycles. The minimum absolute atomic E-state index is 0.0346. The summed E-state index contributed by atoms with van der Waals surface area (Å²) < 4.78 is 5.74. The Morgan fingerprint density at radius 2 is 2.00 bits per heavy atom. The van der Waals surface area contributed by atoms with Crippen molar-refractivity contribution in [2.24, 2.45) is 5.41 Å². The Bertz CT molecular complexity index is 694. The number of nitrogens with one attached hydrogen (secondary N) is 1. The lowest BCUT2D eigenvalue weighted by Crippen LogP contribution is -2.36. The van der Waals surface area contributed by atoms with Gasteiger partial charge < -0.3 is 14.8 Å². The van der Waals surface area contributed by atoms with Gasteiger partial charge in [-0.3, -0.25) is 9.59 Å². The molecular formula is C18H21NO4. The molecule has 23 heavy (non-hydrogen) atoms. The number of rotatable bonds is 5. The van der Waals surface area contributed by atoms with Crippen molar-refractivity contribution in [3.8, 4) is 0 Å². The standard InChI is InChI=1S/C18H21NO4/c1-12(15-10-13-6-2-3-7-14(13)23-15)19-16(20)11-18(17(21)22)8-4-5-9-18/h2-3,6-7,10,12H,4-5,8-9,11H2,1H3,(H,19,20)(H,21,22)/t12-/m1/s1. The van der Waals surface area contributed by atoms with E-state index in [1.165, 1.54) is 0 Å². The number of amides is 1. The zero-order chi connectivity index (χ0) is 16.4. The van der Waals surface area contributed by atoms with Gasteiger partial charge >= 0.3 is 5.97 Å². The van der Waals surface area contributed by atoms with Crippen LogP contribution in [0.4, 0.5) is 0 Å². The van der Waals surface area contributed by atoms with Gasteiger partial charge in [0.2, 0.25) is 5.91 Å². The summed E-state index contributed by atoms with van der Waals surface area (Å²) in [6, 6.07) is 9.28. The molecule has 0 bridgehead atoms. The number of para-hydroxylation sites is 1. The molecule has 3 rings (SSSR count). The molecule has 1 amide bonds. The third kappa shape index (κ3) is 3.09. The zero-order valence-corrected chi connectivity index (χ0v) is 13.2. The number of benzene rings is 1. The molecule has 1 aromatic heterocycles. The van der Waals surface area contributed by atoms with Gasteiger partial charge in [-0.25, -0.2) is 0 Å². The van der Waals surface area contributed by atoms with E-state index >= 15 is 0 Å². The van der Waals surface area contributed by atoms with Crippen LogP contribution < -0.4 is 5.32 Å². The van der Waals surface area contributed by atoms with Crippen molar-refractivity contribution in [3.05, 3.63) is 36.1 Å². The van der Waals surface area contributed by atoms with E-state index in [1.807, 2.05) is 37.3 Å². The van der Waals surface area contributed by atoms with Gasteiger partial charge in [0, 0.05) is 11.8 Å². The van der Waals surface area contributed by atoms with Crippen LogP contribution >= 0.6 is 0 Å². The van der Waals surface area contributed by atoms with Crippen LogP contribution in [0.1, 0.15) is 50.8 Å². The molecule has 2 N–H and O–H groups in total. The van der Waals surface area contributed by atoms with Crippen molar-refractivity contribution in [1.82, 2.24) is 5.32 Å². The summed E-state index contributed by atoms with van der Waals surface area (Å²) in [4.78, 5) is 23.8. The largest absolute Gasteiger partial charge is 0.481 e. The molecule has 122 valence electrons. The van der Waals surface area contributed by atoms with Gasteiger partial charge in [0.1, 0.15) is 11.3 Å². The van der Waals surface area contributed by atoms with E-state index < -0.39 is 11.4 Å². The molecular weight excluding hydrogens is 294 g/mol. The average Bonchev–Trinajstić information content (AvgIpc) is 3.13. The Hall–Kier alpha value is -2.30. The number of carboxylic acids is 1. The molecule has 1 aromatic carbocycles. The minimum Gasteiger partial charge on any atom is -0.481 e. The van der Waals surface area contributed by atoms with Gasteiger partial charge in [0.15, 0.2) is 0 Å². The molecule has 1 aliphatic rings. The predicted octanol–water partition coefficient (Wildman–Crippen LogP) is 3.65. The summed E-state index contributed by atoms with van der Waals surface area (Å²) in [5.74, 6) is -0.417. The van der Waals surface area contributed by atoms with Crippen molar-refractivity contribution < 1.29 is 19.1 Å². The van der Waals surface area contributed by atoms with E-state index in [1.54, 1.807) is 0 Å². The highest BCUT2D eigenvalue weighted by atomic mass is 16.4. The van der Waals surface area contributed by atoms with Crippen molar-refractivity contribution in [2.45, 2.75) is 45.1 Å². The predicted molar refractivity (Wildman–Crippen MR) is 85.9 cm³/mol. The molecule has 1 saturated carbocycles. The molecule has 0 aliphatic heterocycles. The molecule has 5 heteroatoms. The fourth-order valence-electron chi connectivity index (χ4n) is 3.40. The lowest BCUT2D eigenvalue weighted by atomic mass is 9.82. The molecule has 1 fully saturated rings. The maximum Gasteiger partial charge on any atom is 0.310 e. The lowest BCUT2D eigenvalue weighted by Gasteiger charge is -2.23. The van der Waals surface area contributed by atoms with Gasteiger partial charge in [-0.05, 0) is 31.9 Å². The van der Waals surface area contributed by atoms with E-state index in [-0.39, 0.29) is 18.4 Å². The van der Waals surface area contributed by atoms with Crippen molar-refractivity contribution in [2.75, 3.05) is 0 Å². The Kier molecular flexibility index (Phi) is 4.11. The third-order valence-electron chi connectivity index (χ3n) is 4.76. The summed E-state index contributed by atoms with van der Waals surface area (Å²) in [5.41, 5.74) is -0.112. The number of carboxylic acid groups (broad SMARTS) is 1. The molecule has 0 spiro atoms. The number of hydrogen-bond donors (Lipinski definition) is 2. The van der Waals surface area contributed by atoms with E-state index in [4.69, 9.17) is 4.42 Å². The zero-order valence-electron chi connectivity index (χ0n) is 13.2. The number of aliphatic carboxylic acids is 1. The monoisotopic (exact) mass is 315 g/mol. The maximum absolute atomic E-state index is 12.3. The second-order valence-corrected chi connectivity index (χ2v) is 6.45. The average molecular weight is 315 g/mol. The van der Waals surface area contributed by atoms with Crippen LogP contribution in [-0.2, 0) is 9.59 Å². The van der Waals surface area contributed by atoms with Crippen molar-refractivity contribution in [1.29, 1.82) is 0 Å². The minimum atomic E-state index is -0.891. The Balaban J connectivity index is 1.68. The third-order valence-corrected chi connectivity index (χ3v) is 4.76. The molecule has 0 radical (unpaired) electrons. The Labute approximate surface area is 134 Å². The second kappa shape index (κ2) is 6.07. The second-order valence-electron chi connectivity index (χ2n) is 6.45. The summed E-state index contributed by atoms with van der Waals surface area (Å²) in [6.07, 6.45) is 2.94. The number of furan rings is 1. The van der Waals surface area contributed by atoms with Crippen LogP contribution in [0.3, 0.4) is 0 Å². The Morgan fingerprint density at radius 1 is 1.30 bits per heavy atom. The van der Waals surface area contributed by atoms with Crippen LogP contribution in [0.15, 0.2) is 34.7 Å². The van der Waals surface area contributed by atoms with E-state index in [2.05, 4.69) is 5.32 Å². The van der Waals surface area contributed by atoms with Gasteiger partial charge in [-0.1, -0.05) is 31.0 Å². The first-order chi connectivity index (χ1) is 11.0. The SMILES string of the molecule is C[C@@H](NC(=O)CC1(C(=O)O)CCCC1)c1cc2ccccc2o1. The van der Waals surface area contributed by atoms with Gasteiger partial charge in [-0.2, -0.15) is 0 Å². The first-order valence-corrected chi connectivity index (χ1v) is 8.01. The first-order valence-electron chi connectivity index (χ1n) is 8.01. The highest BCUT2D eigenvalue weighted by Crippen LogP contribution is 2.41. The number of fused-ring (bicyclic) bond motifs is 1. The van der Waals surface area contributed by atoms with Gasteiger partial charge in [-0.15, -0.1) is 0 Å². The van der Waals surface area contributed by atoms with Crippen molar-refractivity contribution in [3.63, 3.8) is 0 Å². The molecule has 2 aromatic rings. The summed E-state index contributed by atoms with van der Waals surface area (Å²) >= 11 is 0. The number of carbonyl (C=O) groups is 2. The summed E-state index contributed by atoms with van der Waals surface area (Å²) in [5, 5.41) is 13.3. The molecule has 0 unspecified atom stereocenters. The fraction of sp³-hybridized carbons (Fsp3) is 0.444. The van der Waals surface area contributed by atoms with Crippen LogP contribution in [0.25, 0.3) is 11.0 Å². The summed E-state index contributed by atoms with van der Waals surface area (Å²) in [7, 11) is 0. The van der Waals surface area contributed by atoms with Crippen molar-refractivity contribution >= 4 is 22.8 Å². The topological polar surface area (TPSA) is 79.5 Å². The quantitative estimate of drug-likeness (QED) is 0.882. The van der Waals surface area contributed by atoms with Crippen LogP contribution in [0, 0.1) is 5.41 Å². The maximum atomic E-state index is 12.3. The van der Waals surface area contributed by atoms with Crippen LogP contribution in [0.5, 0.6) is 0 Å². The lowest BCUT2D eigenvalue weighted by molar-refractivity contribution is -0.151. The fourth-order valence-corrected chi connectivity index (χ4v) is 3.40. The van der Waals surface area contributed by atoms with E-state index in [0.29, 0.717) is 18.6 Å². The van der Waals surface area contributed by atoms with Gasteiger partial charge in [0.25, 0.3) is 0 Å². The van der Waals surface area contributed by atoms with Gasteiger partial charge in [0.05, 0.1) is 11.5 Å². The highest BCUT2D eigenvalue weighted by Gasteiger charge is 2.43. The summed E-state index contributed by atoms with van der Waals surface area (Å²) in [6.45, 7) is 1.84. The first kappa shape index (κ1) is 15.6. The number of carbonyl (C=O) groups excluding carboxylic acids is 1. The molecule has 0 saturated heterocycles. The number of hydrogen-bond acceptors (Lipinski definition) is 3. The molecule has 1 heterocycles. The van der Waals surface area contributed by atoms with E-state index in [0.717, 1.165) is 23.8 Å². The highest BCUT2D eigenvalue weighted by molar-refractivity contribution is 5.85.